The van der Waals surface area contributed by atoms with E-state index in [0.29, 0.717) is 11.8 Å². The average Bonchev–Trinajstić information content (AvgIpc) is 2.71. The van der Waals surface area contributed by atoms with E-state index in [-0.39, 0.29) is 34.4 Å². The molecular weight excluding hydrogens is 432 g/mol. The lowest BCUT2D eigenvalue weighted by Crippen LogP contribution is -2.38. The number of nitrogens with zero attached hydrogens (tertiary/aromatic N) is 2. The van der Waals surface area contributed by atoms with Gasteiger partial charge in [-0.25, -0.2) is 23.8 Å². The maximum atomic E-state index is 12.9. The summed E-state index contributed by atoms with van der Waals surface area (Å²) in [5.74, 6) is 4.01. The maximum absolute atomic E-state index is 12.9. The van der Waals surface area contributed by atoms with Crippen LogP contribution in [-0.4, -0.2) is 50.8 Å². The summed E-state index contributed by atoms with van der Waals surface area (Å²) >= 11 is 0. The number of aromatic nitrogens is 2. The normalized spacial score (nSPS) is 10.7. The lowest BCUT2D eigenvalue weighted by atomic mass is 10.00. The number of methoxy groups -OCH3 is 2. The molecule has 0 saturated carbocycles. The number of anilines is 1. The quantitative estimate of drug-likeness (QED) is 0.193. The number of aryl methyl sites for hydroxylation is 1. The smallest absolute Gasteiger partial charge is 0.335 e. The van der Waals surface area contributed by atoms with Gasteiger partial charge in [-0.15, -0.1) is 0 Å². The molecule has 0 atom stereocenters. The van der Waals surface area contributed by atoms with Gasteiger partial charge in [0.2, 0.25) is 17.7 Å². The zero-order valence-corrected chi connectivity index (χ0v) is 17.8. The largest absolute Gasteiger partial charge is 0.481 e. The predicted molar refractivity (Wildman–Crippen MR) is 107 cm³/mol. The Balaban J connectivity index is 2.45. The Kier molecular flexibility index (Phi) is 7.09. The number of hydrogen-bond acceptors (Lipinski definition) is 10. The minimum absolute atomic E-state index is 0.0341. The predicted octanol–water partition coefficient (Wildman–Crippen LogP) is 0.0370. The van der Waals surface area contributed by atoms with Crippen molar-refractivity contribution < 1.29 is 32.3 Å². The summed E-state index contributed by atoms with van der Waals surface area (Å²) in [4.78, 5) is 43.0. The molecule has 1 aromatic heterocycles. The lowest BCUT2D eigenvalue weighted by Gasteiger charge is -2.16. The molecule has 14 heteroatoms. The number of hydrazine groups is 1. The first-order chi connectivity index (χ1) is 14.6. The monoisotopic (exact) mass is 452 g/mol. The molecule has 3 amide bonds. The third-order valence-electron chi connectivity index (χ3n) is 4.09. The van der Waals surface area contributed by atoms with Gasteiger partial charge in [-0.1, -0.05) is 0 Å². The number of urea groups is 1. The van der Waals surface area contributed by atoms with E-state index in [1.165, 1.54) is 40.2 Å². The SMILES string of the molecule is COc1cc(OC)nc(NC(=O)NS(=O)(=O)c2c(C(=O)NN)cc(C)c(C=O)c2C)n1. The molecule has 0 radical (unpaired) electrons. The van der Waals surface area contributed by atoms with Crippen molar-refractivity contribution in [3.05, 3.63) is 34.4 Å². The minimum atomic E-state index is -4.63. The van der Waals surface area contributed by atoms with E-state index >= 15 is 0 Å². The molecule has 13 nitrogen and oxygen atoms in total. The number of aldehydes is 1. The van der Waals surface area contributed by atoms with Crippen LogP contribution in [0.15, 0.2) is 17.0 Å². The van der Waals surface area contributed by atoms with E-state index in [1.807, 2.05) is 5.43 Å². The van der Waals surface area contributed by atoms with Gasteiger partial charge in [-0.2, -0.15) is 9.97 Å². The van der Waals surface area contributed by atoms with E-state index in [2.05, 4.69) is 15.3 Å². The second-order valence-electron chi connectivity index (χ2n) is 6.04. The molecule has 0 saturated heterocycles. The van der Waals surface area contributed by atoms with Gasteiger partial charge in [0, 0.05) is 5.56 Å². The van der Waals surface area contributed by atoms with Crippen molar-refractivity contribution in [3.8, 4) is 11.8 Å². The Bertz CT molecular complexity index is 1130. The molecule has 0 spiro atoms. The molecule has 0 aliphatic carbocycles. The van der Waals surface area contributed by atoms with Crippen LogP contribution in [-0.2, 0) is 10.0 Å². The highest BCUT2D eigenvalue weighted by molar-refractivity contribution is 7.90. The molecule has 0 fully saturated rings. The molecule has 0 bridgehead atoms. The molecule has 0 unspecified atom stereocenters. The summed E-state index contributed by atoms with van der Waals surface area (Å²) in [7, 11) is -1.98. The van der Waals surface area contributed by atoms with Crippen LogP contribution in [0.1, 0.15) is 31.8 Å². The summed E-state index contributed by atoms with van der Waals surface area (Å²) in [5, 5.41) is 2.13. The molecule has 31 heavy (non-hydrogen) atoms. The van der Waals surface area contributed by atoms with Gasteiger partial charge in [0.15, 0.2) is 6.29 Å². The number of rotatable bonds is 7. The first kappa shape index (κ1) is 23.5. The van der Waals surface area contributed by atoms with Crippen LogP contribution in [0.3, 0.4) is 0 Å². The maximum Gasteiger partial charge on any atom is 0.335 e. The van der Waals surface area contributed by atoms with E-state index in [0.717, 1.165) is 0 Å². The number of carbonyl (C=O) groups excluding carboxylic acids is 3. The molecule has 0 aliphatic heterocycles. The number of nitrogens with two attached hydrogens (primary N) is 1. The minimum Gasteiger partial charge on any atom is -0.481 e. The van der Waals surface area contributed by atoms with E-state index in [1.54, 1.807) is 4.72 Å². The summed E-state index contributed by atoms with van der Waals surface area (Å²) in [6.07, 6.45) is 0.449. The average molecular weight is 452 g/mol. The van der Waals surface area contributed by atoms with Crippen LogP contribution >= 0.6 is 0 Å². The fraction of sp³-hybridized carbons (Fsp3) is 0.235. The van der Waals surface area contributed by atoms with Crippen LogP contribution in [0.25, 0.3) is 0 Å². The molecule has 1 aromatic carbocycles. The molecule has 5 N–H and O–H groups in total. The number of benzene rings is 1. The van der Waals surface area contributed by atoms with Crippen LogP contribution in [0.4, 0.5) is 10.7 Å². The van der Waals surface area contributed by atoms with Gasteiger partial charge in [0.1, 0.15) is 4.90 Å². The van der Waals surface area contributed by atoms with Gasteiger partial charge < -0.3 is 9.47 Å². The summed E-state index contributed by atoms with van der Waals surface area (Å²) in [6.45, 7) is 2.85. The Morgan fingerprint density at radius 3 is 2.16 bits per heavy atom. The number of carbonyl (C=O) groups is 3. The topological polar surface area (TPSA) is 192 Å². The van der Waals surface area contributed by atoms with Crippen molar-refractivity contribution in [2.45, 2.75) is 18.7 Å². The fourth-order valence-electron chi connectivity index (χ4n) is 2.72. The first-order valence-electron chi connectivity index (χ1n) is 8.49. The molecule has 0 aliphatic rings. The number of hydrogen-bond donors (Lipinski definition) is 4. The zero-order valence-electron chi connectivity index (χ0n) is 17.0. The van der Waals surface area contributed by atoms with Crippen LogP contribution in [0.5, 0.6) is 11.8 Å². The second kappa shape index (κ2) is 9.36. The number of amides is 3. The van der Waals surface area contributed by atoms with E-state index in [9.17, 15) is 22.8 Å². The van der Waals surface area contributed by atoms with E-state index < -0.39 is 26.9 Å². The van der Waals surface area contributed by atoms with Gasteiger partial charge in [-0.3, -0.25) is 20.3 Å². The van der Waals surface area contributed by atoms with Crippen molar-refractivity contribution in [2.75, 3.05) is 19.5 Å². The van der Waals surface area contributed by atoms with Crippen molar-refractivity contribution >= 4 is 34.2 Å². The second-order valence-corrected chi connectivity index (χ2v) is 7.66. The Hall–Kier alpha value is -3.78. The van der Waals surface area contributed by atoms with E-state index in [4.69, 9.17) is 15.3 Å². The van der Waals surface area contributed by atoms with Gasteiger partial charge >= 0.3 is 6.03 Å². The van der Waals surface area contributed by atoms with Crippen LogP contribution in [0, 0.1) is 13.8 Å². The Morgan fingerprint density at radius 1 is 1.10 bits per heavy atom. The first-order valence-corrected chi connectivity index (χ1v) is 9.97. The summed E-state index contributed by atoms with van der Waals surface area (Å²) in [6, 6.07) is 1.29. The highest BCUT2D eigenvalue weighted by Crippen LogP contribution is 2.26. The molecule has 2 aromatic rings. The third-order valence-corrected chi connectivity index (χ3v) is 5.60. The number of nitrogen functional groups attached to an aromatic ring is 1. The highest BCUT2D eigenvalue weighted by Gasteiger charge is 2.29. The van der Waals surface area contributed by atoms with Crippen molar-refractivity contribution in [3.63, 3.8) is 0 Å². The van der Waals surface area contributed by atoms with Crippen LogP contribution in [0.2, 0.25) is 0 Å². The highest BCUT2D eigenvalue weighted by atomic mass is 32.2. The molecule has 166 valence electrons. The Labute approximate surface area is 177 Å². The zero-order chi connectivity index (χ0) is 23.3. The van der Waals surface area contributed by atoms with Gasteiger partial charge in [0.05, 0.1) is 25.8 Å². The van der Waals surface area contributed by atoms with Crippen molar-refractivity contribution in [1.29, 1.82) is 0 Å². The van der Waals surface area contributed by atoms with Crippen molar-refractivity contribution in [2.24, 2.45) is 5.84 Å². The molecule has 2 rings (SSSR count). The fourth-order valence-corrected chi connectivity index (χ4v) is 4.07. The molecular formula is C17H20N6O7S. The van der Waals surface area contributed by atoms with Gasteiger partial charge in [0.25, 0.3) is 15.9 Å². The van der Waals surface area contributed by atoms with Gasteiger partial charge in [-0.05, 0) is 31.0 Å². The lowest BCUT2D eigenvalue weighted by molar-refractivity contribution is 0.0949. The number of ether oxygens (including phenoxy) is 2. The van der Waals surface area contributed by atoms with Crippen LogP contribution < -0.4 is 30.8 Å². The number of nitrogens with one attached hydrogen (secondary N) is 3. The summed E-state index contributed by atoms with van der Waals surface area (Å²) < 4.78 is 37.5. The molecule has 1 heterocycles. The summed E-state index contributed by atoms with van der Waals surface area (Å²) in [5.41, 5.74) is 1.86. The third kappa shape index (κ3) is 5.04. The standard InChI is InChI=1S/C17H20N6O7S/c1-8-5-10(15(25)22-18)14(9(2)11(8)7-24)31(27,28)23-17(26)21-16-19-12(29-3)6-13(20-16)30-4/h5-7H,18H2,1-4H3,(H,22,25)(H2,19,20,21,23,26). The number of sulfonamides is 1. The van der Waals surface area contributed by atoms with Crippen molar-refractivity contribution in [1.82, 2.24) is 20.1 Å². The Morgan fingerprint density at radius 2 is 1.68 bits per heavy atom.